The number of methoxy groups -OCH3 is 1. The molecule has 0 fully saturated rings. The van der Waals surface area contributed by atoms with Crippen LogP contribution in [0.25, 0.3) is 6.08 Å². The Balaban J connectivity index is 3.22. The van der Waals surface area contributed by atoms with Gasteiger partial charge in [0.2, 0.25) is 0 Å². The maximum absolute atomic E-state index is 12.0. The molecule has 0 N–H and O–H groups in total. The summed E-state index contributed by atoms with van der Waals surface area (Å²) in [5.74, 6) is -0.323. The number of hydrogen-bond acceptors (Lipinski definition) is 4. The van der Waals surface area contributed by atoms with E-state index in [4.69, 9.17) is 14.4 Å². The molecule has 0 radical (unpaired) electrons. The van der Waals surface area contributed by atoms with Crippen molar-refractivity contribution >= 4 is 20.4 Å². The summed E-state index contributed by atoms with van der Waals surface area (Å²) in [6.45, 7) is 10.4. The van der Waals surface area contributed by atoms with Gasteiger partial charge in [-0.3, -0.25) is 0 Å². The Hall–Kier alpha value is -2.06. The van der Waals surface area contributed by atoms with Crippen molar-refractivity contribution in [3.63, 3.8) is 0 Å². The molecule has 22 heavy (non-hydrogen) atoms. The fourth-order valence-corrected chi connectivity index (χ4v) is 2.51. The second-order valence-corrected chi connectivity index (χ2v) is 11.3. The first-order valence-corrected chi connectivity index (χ1v) is 10.0. The van der Waals surface area contributed by atoms with Crippen LogP contribution in [0.4, 0.5) is 0 Å². The number of carbonyl (C=O) groups is 1. The molecule has 0 saturated carbocycles. The lowest BCUT2D eigenvalue weighted by atomic mass is 10.1. The van der Waals surface area contributed by atoms with Crippen LogP contribution in [0.15, 0.2) is 30.0 Å². The van der Waals surface area contributed by atoms with Gasteiger partial charge in [-0.15, -0.1) is 0 Å². The number of ether oxygens (including phenoxy) is 1. The fourth-order valence-electron chi connectivity index (χ4n) is 1.51. The van der Waals surface area contributed by atoms with Crippen LogP contribution in [0, 0.1) is 11.3 Å². The fraction of sp³-hybridized carbons (Fsp3) is 0.412. The molecule has 0 spiro atoms. The van der Waals surface area contributed by atoms with E-state index in [0.717, 1.165) is 5.56 Å². The van der Waals surface area contributed by atoms with Crippen molar-refractivity contribution in [3.05, 3.63) is 41.2 Å². The molecule has 0 heterocycles. The van der Waals surface area contributed by atoms with E-state index < -0.39 is 14.3 Å². The quantitative estimate of drug-likeness (QED) is 0.363. The normalized spacial score (nSPS) is 12.5. The van der Waals surface area contributed by atoms with Crippen molar-refractivity contribution in [2.75, 3.05) is 7.11 Å². The molecular formula is C17H23NO3Si. The molecule has 118 valence electrons. The summed E-state index contributed by atoms with van der Waals surface area (Å²) in [5.41, 5.74) is 1.27. The minimum atomic E-state index is -2.16. The average molecular weight is 317 g/mol. The van der Waals surface area contributed by atoms with E-state index >= 15 is 0 Å². The van der Waals surface area contributed by atoms with E-state index in [1.54, 1.807) is 24.3 Å². The molecule has 1 aromatic rings. The minimum Gasteiger partial charge on any atom is -0.539 e. The zero-order valence-electron chi connectivity index (χ0n) is 14.1. The van der Waals surface area contributed by atoms with Gasteiger partial charge >= 0.3 is 5.97 Å². The maximum atomic E-state index is 12.0. The number of carbonyl (C=O) groups excluding carboxylic acids is 1. The van der Waals surface area contributed by atoms with Gasteiger partial charge in [-0.05, 0) is 41.9 Å². The van der Waals surface area contributed by atoms with Gasteiger partial charge in [-0.2, -0.15) is 5.26 Å². The van der Waals surface area contributed by atoms with Gasteiger partial charge in [0.05, 0.1) is 18.7 Å². The van der Waals surface area contributed by atoms with E-state index in [2.05, 4.69) is 39.9 Å². The molecule has 1 rings (SSSR count). The molecule has 0 aliphatic carbocycles. The molecule has 0 bridgehead atoms. The van der Waals surface area contributed by atoms with E-state index in [0.29, 0.717) is 5.56 Å². The summed E-state index contributed by atoms with van der Waals surface area (Å²) in [6.07, 6.45) is 1.63. The zero-order valence-corrected chi connectivity index (χ0v) is 15.1. The van der Waals surface area contributed by atoms with E-state index in [1.807, 2.05) is 6.07 Å². The van der Waals surface area contributed by atoms with Crippen molar-refractivity contribution in [2.45, 2.75) is 38.9 Å². The first kappa shape index (κ1) is 18.0. The number of nitriles is 1. The van der Waals surface area contributed by atoms with Gasteiger partial charge < -0.3 is 9.16 Å². The van der Waals surface area contributed by atoms with E-state index in [9.17, 15) is 4.79 Å². The molecule has 0 aromatic heterocycles. The van der Waals surface area contributed by atoms with E-state index in [-0.39, 0.29) is 10.8 Å². The largest absolute Gasteiger partial charge is 0.539 e. The third-order valence-electron chi connectivity index (χ3n) is 3.87. The van der Waals surface area contributed by atoms with Crippen molar-refractivity contribution in [2.24, 2.45) is 0 Å². The first-order valence-electron chi connectivity index (χ1n) is 7.10. The summed E-state index contributed by atoms with van der Waals surface area (Å²) in [4.78, 5) is 12.0. The molecule has 0 saturated heterocycles. The highest BCUT2D eigenvalue weighted by Gasteiger charge is 2.40. The SMILES string of the molecule is COC(=O)/C(=C/c1cccc(C#N)c1)O[Si](C)(C)C(C)(C)C. The van der Waals surface area contributed by atoms with E-state index in [1.165, 1.54) is 7.11 Å². The number of nitrogens with zero attached hydrogens (tertiary/aromatic N) is 1. The Morgan fingerprint density at radius 3 is 2.45 bits per heavy atom. The van der Waals surface area contributed by atoms with Gasteiger partial charge in [0.25, 0.3) is 8.32 Å². The lowest BCUT2D eigenvalue weighted by Crippen LogP contribution is -2.41. The molecule has 0 unspecified atom stereocenters. The molecule has 4 nitrogen and oxygen atoms in total. The van der Waals surface area contributed by atoms with Crippen LogP contribution in [0.1, 0.15) is 31.9 Å². The van der Waals surface area contributed by atoms with Crippen molar-refractivity contribution in [1.82, 2.24) is 0 Å². The second kappa shape index (κ2) is 6.80. The lowest BCUT2D eigenvalue weighted by Gasteiger charge is -2.36. The third kappa shape index (κ3) is 4.47. The first-order chi connectivity index (χ1) is 10.1. The van der Waals surface area contributed by atoms with Crippen LogP contribution in [0.2, 0.25) is 18.1 Å². The summed E-state index contributed by atoms with van der Waals surface area (Å²) in [7, 11) is -0.827. The topological polar surface area (TPSA) is 59.3 Å². The molecule has 0 amide bonds. The highest BCUT2D eigenvalue weighted by Crippen LogP contribution is 2.38. The van der Waals surface area contributed by atoms with Crippen LogP contribution in [-0.4, -0.2) is 21.4 Å². The van der Waals surface area contributed by atoms with Crippen LogP contribution in [-0.2, 0) is 14.0 Å². The highest BCUT2D eigenvalue weighted by atomic mass is 28.4. The molecule has 0 atom stereocenters. The second-order valence-electron chi connectivity index (χ2n) is 6.60. The Morgan fingerprint density at radius 1 is 1.32 bits per heavy atom. The third-order valence-corrected chi connectivity index (χ3v) is 8.21. The summed E-state index contributed by atoms with van der Waals surface area (Å²) in [6, 6.07) is 9.08. The summed E-state index contributed by atoms with van der Waals surface area (Å²) >= 11 is 0. The van der Waals surface area contributed by atoms with Crippen LogP contribution in [0.5, 0.6) is 0 Å². The number of hydrogen-bond donors (Lipinski definition) is 0. The molecule has 5 heteroatoms. The Kier molecular flexibility index (Phi) is 5.56. The molecule has 0 aliphatic rings. The number of rotatable bonds is 4. The van der Waals surface area contributed by atoms with Gasteiger partial charge in [0.15, 0.2) is 5.76 Å². The minimum absolute atomic E-state index is 0.0331. The zero-order chi connectivity index (χ0) is 17.0. The van der Waals surface area contributed by atoms with Crippen molar-refractivity contribution in [1.29, 1.82) is 5.26 Å². The van der Waals surface area contributed by atoms with Gasteiger partial charge in [0.1, 0.15) is 0 Å². The Labute approximate surface area is 133 Å². The Bertz CT molecular complexity index is 622. The highest BCUT2D eigenvalue weighted by molar-refractivity contribution is 6.74. The van der Waals surface area contributed by atoms with Gasteiger partial charge in [-0.1, -0.05) is 32.9 Å². The number of benzene rings is 1. The predicted octanol–water partition coefficient (Wildman–Crippen LogP) is 4.09. The van der Waals surface area contributed by atoms with Crippen molar-refractivity contribution < 1.29 is 14.0 Å². The standard InChI is InChI=1S/C17H23NO3Si/c1-17(2,3)22(5,6)21-15(16(19)20-4)11-13-8-7-9-14(10-13)12-18/h7-11H,1-6H3/b15-11-. The lowest BCUT2D eigenvalue weighted by molar-refractivity contribution is -0.138. The van der Waals surface area contributed by atoms with Crippen LogP contribution >= 0.6 is 0 Å². The van der Waals surface area contributed by atoms with Gasteiger partial charge in [-0.25, -0.2) is 4.79 Å². The monoisotopic (exact) mass is 317 g/mol. The Morgan fingerprint density at radius 2 is 1.95 bits per heavy atom. The summed E-state index contributed by atoms with van der Waals surface area (Å²) < 4.78 is 10.9. The smallest absolute Gasteiger partial charge is 0.371 e. The van der Waals surface area contributed by atoms with Crippen LogP contribution in [0.3, 0.4) is 0 Å². The summed E-state index contributed by atoms with van der Waals surface area (Å²) in [5, 5.41) is 8.92. The maximum Gasteiger partial charge on any atom is 0.371 e. The molecular weight excluding hydrogens is 294 g/mol. The van der Waals surface area contributed by atoms with Crippen LogP contribution < -0.4 is 0 Å². The number of esters is 1. The van der Waals surface area contributed by atoms with Crippen molar-refractivity contribution in [3.8, 4) is 6.07 Å². The molecule has 0 aliphatic heterocycles. The molecule has 1 aromatic carbocycles. The predicted molar refractivity (Wildman–Crippen MR) is 89.4 cm³/mol. The average Bonchev–Trinajstić information content (AvgIpc) is 2.44. The van der Waals surface area contributed by atoms with Gasteiger partial charge in [0, 0.05) is 0 Å².